The Labute approximate surface area is 151 Å². The molecule has 6 heteroatoms. The van der Waals surface area contributed by atoms with E-state index in [-0.39, 0.29) is 24.0 Å². The second-order valence-electron chi connectivity index (χ2n) is 6.77. The first kappa shape index (κ1) is 18.3. The maximum atomic E-state index is 5.66. The van der Waals surface area contributed by atoms with E-state index < -0.39 is 0 Å². The van der Waals surface area contributed by atoms with Crippen LogP contribution in [0.3, 0.4) is 0 Å². The van der Waals surface area contributed by atoms with Crippen molar-refractivity contribution in [3.8, 4) is 0 Å². The number of nitrogens with zero attached hydrogens (tertiary/aromatic N) is 2. The Bertz CT molecular complexity index is 369. The summed E-state index contributed by atoms with van der Waals surface area (Å²) in [6.07, 6.45) is 5.45. The zero-order valence-corrected chi connectivity index (χ0v) is 16.2. The lowest BCUT2D eigenvalue weighted by molar-refractivity contribution is 0.117. The predicted octanol–water partition coefficient (Wildman–Crippen LogP) is 1.82. The molecule has 0 bridgehead atoms. The summed E-state index contributed by atoms with van der Waals surface area (Å²) in [5.41, 5.74) is 0. The van der Waals surface area contributed by atoms with Crippen LogP contribution in [-0.2, 0) is 4.74 Å². The van der Waals surface area contributed by atoms with Crippen molar-refractivity contribution < 1.29 is 4.74 Å². The molecule has 3 aliphatic rings. The van der Waals surface area contributed by atoms with E-state index in [1.165, 1.54) is 25.8 Å². The smallest absolute Gasteiger partial charge is 0.191 e. The Morgan fingerprint density at radius 3 is 2.73 bits per heavy atom. The molecule has 2 saturated heterocycles. The van der Waals surface area contributed by atoms with Gasteiger partial charge in [-0.3, -0.25) is 9.89 Å². The van der Waals surface area contributed by atoms with E-state index in [9.17, 15) is 0 Å². The lowest BCUT2D eigenvalue weighted by Gasteiger charge is -2.20. The van der Waals surface area contributed by atoms with Crippen LogP contribution < -0.4 is 10.6 Å². The highest BCUT2D eigenvalue weighted by molar-refractivity contribution is 14.0. The summed E-state index contributed by atoms with van der Waals surface area (Å²) in [6, 6.07) is 1.39. The van der Waals surface area contributed by atoms with E-state index in [4.69, 9.17) is 9.73 Å². The van der Waals surface area contributed by atoms with Crippen LogP contribution in [0.25, 0.3) is 0 Å². The monoisotopic (exact) mass is 422 g/mol. The second-order valence-corrected chi connectivity index (χ2v) is 6.77. The maximum Gasteiger partial charge on any atom is 0.191 e. The van der Waals surface area contributed by atoms with Crippen LogP contribution in [0.15, 0.2) is 4.99 Å². The number of halogens is 1. The third-order valence-electron chi connectivity index (χ3n) is 4.85. The quantitative estimate of drug-likeness (QED) is 0.403. The topological polar surface area (TPSA) is 48.9 Å². The predicted molar refractivity (Wildman–Crippen MR) is 101 cm³/mol. The number of aliphatic imine (C=N–C) groups is 1. The fourth-order valence-corrected chi connectivity index (χ4v) is 3.41. The summed E-state index contributed by atoms with van der Waals surface area (Å²) >= 11 is 0. The molecular formula is C16H31IN4O. The van der Waals surface area contributed by atoms with Gasteiger partial charge in [-0.05, 0) is 38.5 Å². The number of hydrogen-bond donors (Lipinski definition) is 2. The molecular weight excluding hydrogens is 391 g/mol. The summed E-state index contributed by atoms with van der Waals surface area (Å²) < 4.78 is 5.66. The van der Waals surface area contributed by atoms with Crippen molar-refractivity contribution in [1.82, 2.24) is 15.5 Å². The van der Waals surface area contributed by atoms with Crippen LogP contribution in [0.2, 0.25) is 0 Å². The summed E-state index contributed by atoms with van der Waals surface area (Å²) in [5.74, 6) is 1.65. The van der Waals surface area contributed by atoms with Gasteiger partial charge in [0.15, 0.2) is 5.96 Å². The van der Waals surface area contributed by atoms with Gasteiger partial charge in [-0.2, -0.15) is 0 Å². The fourth-order valence-electron chi connectivity index (χ4n) is 3.41. The third kappa shape index (κ3) is 4.96. The summed E-state index contributed by atoms with van der Waals surface area (Å²) in [5, 5.41) is 7.02. The Morgan fingerprint density at radius 1 is 1.27 bits per heavy atom. The van der Waals surface area contributed by atoms with E-state index >= 15 is 0 Å². The molecule has 2 N–H and O–H groups in total. The maximum absolute atomic E-state index is 5.66. The van der Waals surface area contributed by atoms with Crippen molar-refractivity contribution in [3.63, 3.8) is 0 Å². The molecule has 0 radical (unpaired) electrons. The molecule has 3 fully saturated rings. The lowest BCUT2D eigenvalue weighted by atomic mass is 10.1. The normalized spacial score (nSPS) is 32.8. The SMILES string of the molecule is CCNC(=NCC1CCCO1)NC1CN(C2CC2)CC1C.I. The van der Waals surface area contributed by atoms with E-state index in [1.807, 2.05) is 0 Å². The molecule has 0 aromatic rings. The van der Waals surface area contributed by atoms with Crippen molar-refractivity contribution in [1.29, 1.82) is 0 Å². The molecule has 0 aromatic carbocycles. The number of nitrogens with one attached hydrogen (secondary N) is 2. The van der Waals surface area contributed by atoms with Crippen LogP contribution in [0.5, 0.6) is 0 Å². The van der Waals surface area contributed by atoms with E-state index in [1.54, 1.807) is 0 Å². The van der Waals surface area contributed by atoms with Crippen molar-refractivity contribution >= 4 is 29.9 Å². The minimum absolute atomic E-state index is 0. The zero-order chi connectivity index (χ0) is 14.7. The summed E-state index contributed by atoms with van der Waals surface area (Å²) in [6.45, 7) is 9.46. The van der Waals surface area contributed by atoms with Crippen molar-refractivity contribution in [3.05, 3.63) is 0 Å². The highest BCUT2D eigenvalue weighted by atomic mass is 127. The summed E-state index contributed by atoms with van der Waals surface area (Å²) in [4.78, 5) is 7.37. The molecule has 2 aliphatic heterocycles. The van der Waals surface area contributed by atoms with Crippen molar-refractivity contribution in [2.45, 2.75) is 57.7 Å². The van der Waals surface area contributed by atoms with Gasteiger partial charge in [0.05, 0.1) is 12.6 Å². The Balaban J connectivity index is 0.00000176. The fraction of sp³-hybridized carbons (Fsp3) is 0.938. The number of rotatable bonds is 5. The van der Waals surface area contributed by atoms with E-state index in [2.05, 4.69) is 29.4 Å². The van der Waals surface area contributed by atoms with Gasteiger partial charge in [-0.25, -0.2) is 0 Å². The number of guanidine groups is 1. The van der Waals surface area contributed by atoms with E-state index in [0.717, 1.165) is 44.7 Å². The average molecular weight is 422 g/mol. The molecule has 128 valence electrons. The van der Waals surface area contributed by atoms with Gasteiger partial charge in [0.25, 0.3) is 0 Å². The molecule has 3 atom stereocenters. The zero-order valence-electron chi connectivity index (χ0n) is 13.9. The van der Waals surface area contributed by atoms with Gasteiger partial charge in [-0.15, -0.1) is 24.0 Å². The first-order valence-electron chi connectivity index (χ1n) is 8.66. The van der Waals surface area contributed by atoms with Gasteiger partial charge in [0, 0.05) is 38.3 Å². The molecule has 3 rings (SSSR count). The van der Waals surface area contributed by atoms with Crippen LogP contribution >= 0.6 is 24.0 Å². The van der Waals surface area contributed by atoms with Crippen LogP contribution in [-0.4, -0.2) is 61.8 Å². The van der Waals surface area contributed by atoms with Crippen molar-refractivity contribution in [2.75, 3.05) is 32.8 Å². The first-order chi connectivity index (χ1) is 10.3. The Kier molecular flexibility index (Phi) is 7.21. The van der Waals surface area contributed by atoms with Gasteiger partial charge >= 0.3 is 0 Å². The molecule has 22 heavy (non-hydrogen) atoms. The average Bonchev–Trinajstić information content (AvgIpc) is 3.07. The number of ether oxygens (including phenoxy) is 1. The summed E-state index contributed by atoms with van der Waals surface area (Å²) in [7, 11) is 0. The van der Waals surface area contributed by atoms with Crippen molar-refractivity contribution in [2.24, 2.45) is 10.9 Å². The van der Waals surface area contributed by atoms with Gasteiger partial charge in [0.2, 0.25) is 0 Å². The highest BCUT2D eigenvalue weighted by Gasteiger charge is 2.38. The number of likely N-dealkylation sites (tertiary alicyclic amines) is 1. The minimum Gasteiger partial charge on any atom is -0.376 e. The Hall–Kier alpha value is -0.0800. The standard InChI is InChI=1S/C16H30N4O.HI/c1-3-17-16(18-9-14-5-4-8-21-14)19-15-11-20(10-12(15)2)13-6-7-13;/h12-15H,3-11H2,1-2H3,(H2,17,18,19);1H. The molecule has 1 saturated carbocycles. The van der Waals surface area contributed by atoms with Gasteiger partial charge in [-0.1, -0.05) is 6.92 Å². The first-order valence-corrected chi connectivity index (χ1v) is 8.66. The van der Waals surface area contributed by atoms with Crippen LogP contribution in [0.1, 0.15) is 39.5 Å². The molecule has 0 aromatic heterocycles. The third-order valence-corrected chi connectivity index (χ3v) is 4.85. The van der Waals surface area contributed by atoms with Gasteiger partial charge < -0.3 is 15.4 Å². The van der Waals surface area contributed by atoms with Crippen LogP contribution in [0.4, 0.5) is 0 Å². The van der Waals surface area contributed by atoms with E-state index in [0.29, 0.717) is 18.1 Å². The molecule has 2 heterocycles. The second kappa shape index (κ2) is 8.68. The molecule has 0 amide bonds. The minimum atomic E-state index is 0. The molecule has 0 spiro atoms. The highest BCUT2D eigenvalue weighted by Crippen LogP contribution is 2.31. The van der Waals surface area contributed by atoms with Gasteiger partial charge in [0.1, 0.15) is 0 Å². The number of hydrogen-bond acceptors (Lipinski definition) is 3. The molecule has 3 unspecified atom stereocenters. The van der Waals surface area contributed by atoms with Crippen LogP contribution in [0, 0.1) is 5.92 Å². The largest absolute Gasteiger partial charge is 0.376 e. The Morgan fingerprint density at radius 2 is 2.09 bits per heavy atom. The lowest BCUT2D eigenvalue weighted by Crippen LogP contribution is -2.47. The molecule has 1 aliphatic carbocycles. The molecule has 5 nitrogen and oxygen atoms in total.